The lowest BCUT2D eigenvalue weighted by Crippen LogP contribution is -2.55. The van der Waals surface area contributed by atoms with Crippen LogP contribution < -0.4 is 20.9 Å². The van der Waals surface area contributed by atoms with Gasteiger partial charge < -0.3 is 40.0 Å². The molecule has 2 bridgehead atoms. The molecule has 2 fully saturated rings. The summed E-state index contributed by atoms with van der Waals surface area (Å²) in [6.45, 7) is 1.22. The maximum Gasteiger partial charge on any atom is 0.351 e. The summed E-state index contributed by atoms with van der Waals surface area (Å²) in [5, 5.41) is 35.1. The number of ether oxygens (including phenoxy) is 4. The van der Waals surface area contributed by atoms with Crippen molar-refractivity contribution in [2.24, 2.45) is 5.92 Å². The van der Waals surface area contributed by atoms with E-state index in [-0.39, 0.29) is 12.4 Å². The van der Waals surface area contributed by atoms with Crippen molar-refractivity contribution in [2.75, 3.05) is 26.6 Å². The molecule has 5 N–H and O–H groups in total. The number of anilines is 1. The average molecular weight is 602 g/mol. The Labute approximate surface area is 254 Å². The Morgan fingerprint density at radius 1 is 0.909 bits per heavy atom. The van der Waals surface area contributed by atoms with Gasteiger partial charge in [-0.15, -0.1) is 0 Å². The zero-order valence-electron chi connectivity index (χ0n) is 24.5. The van der Waals surface area contributed by atoms with E-state index in [1.807, 2.05) is 78.9 Å². The maximum atomic E-state index is 12.8. The molecule has 1 saturated heterocycles. The van der Waals surface area contributed by atoms with Crippen LogP contribution in [0.4, 0.5) is 5.82 Å². The number of hydrogen-bond acceptors (Lipinski definition) is 10. The summed E-state index contributed by atoms with van der Waals surface area (Å²) in [5.74, 6) is 0.389. The van der Waals surface area contributed by atoms with Gasteiger partial charge in [0.15, 0.2) is 6.23 Å². The molecule has 44 heavy (non-hydrogen) atoms. The molecule has 1 aliphatic carbocycles. The molecule has 11 nitrogen and oxygen atoms in total. The first-order valence-corrected chi connectivity index (χ1v) is 14.2. The van der Waals surface area contributed by atoms with Crippen LogP contribution in [0.3, 0.4) is 0 Å². The van der Waals surface area contributed by atoms with E-state index < -0.39 is 46.8 Å². The Morgan fingerprint density at radius 3 is 1.98 bits per heavy atom. The highest BCUT2D eigenvalue weighted by molar-refractivity contribution is 5.50. The predicted molar refractivity (Wildman–Crippen MR) is 160 cm³/mol. The monoisotopic (exact) mass is 601 g/mol. The molecular weight excluding hydrogens is 566 g/mol. The number of nitrogen functional groups attached to an aromatic ring is 1. The number of aliphatic hydroxyl groups excluding tert-OH is 2. The summed E-state index contributed by atoms with van der Waals surface area (Å²) in [6, 6.07) is 25.7. The van der Waals surface area contributed by atoms with Crippen LogP contribution in [0.1, 0.15) is 29.8 Å². The fraction of sp³-hybridized carbons (Fsp3) is 0.333. The molecule has 3 aromatic carbocycles. The van der Waals surface area contributed by atoms with Crippen molar-refractivity contribution in [2.45, 2.75) is 42.2 Å². The molecule has 0 unspecified atom stereocenters. The molecule has 1 saturated carbocycles. The van der Waals surface area contributed by atoms with Crippen molar-refractivity contribution < 1.29 is 34.3 Å². The van der Waals surface area contributed by atoms with Gasteiger partial charge in [-0.05, 0) is 47.0 Å². The van der Waals surface area contributed by atoms with Gasteiger partial charge in [0.05, 0.1) is 26.9 Å². The van der Waals surface area contributed by atoms with E-state index in [9.17, 15) is 20.1 Å². The van der Waals surface area contributed by atoms with E-state index in [1.54, 1.807) is 21.1 Å². The lowest BCUT2D eigenvalue weighted by Gasteiger charge is -2.43. The fourth-order valence-electron chi connectivity index (χ4n) is 6.65. The minimum absolute atomic E-state index is 0.000276. The summed E-state index contributed by atoms with van der Waals surface area (Å²) in [7, 11) is 3.17. The van der Waals surface area contributed by atoms with Crippen LogP contribution >= 0.6 is 0 Å². The van der Waals surface area contributed by atoms with Crippen LogP contribution in [0.25, 0.3) is 0 Å². The molecule has 1 aromatic heterocycles. The van der Waals surface area contributed by atoms with Crippen LogP contribution in [0.15, 0.2) is 95.9 Å². The average Bonchev–Trinajstić information content (AvgIpc) is 3.36. The smallest absolute Gasteiger partial charge is 0.351 e. The third kappa shape index (κ3) is 4.31. The summed E-state index contributed by atoms with van der Waals surface area (Å²) < 4.78 is 25.1. The normalized spacial score (nSPS) is 27.8. The van der Waals surface area contributed by atoms with Crippen molar-refractivity contribution in [3.05, 3.63) is 118 Å². The summed E-state index contributed by atoms with van der Waals surface area (Å²) in [5.41, 5.74) is 1.97. The molecule has 2 aliphatic rings. The van der Waals surface area contributed by atoms with Crippen molar-refractivity contribution in [3.8, 4) is 11.5 Å². The Hall–Kier alpha value is -4.26. The standard InChI is InChI=1S/C33H35N3O8/c1-20-27(37)31(28(38)32(20,40)29(44-31)36-18-17-26(34)35-30(36)39)19-43-33(21-7-5-4-6-8-21,22-9-13-24(41-2)14-10-22)23-11-15-25(42-3)16-12-23/h4-18,20,27-29,37-38,40H,19H2,1-3H3,(H2,34,35,39)/t20-,27+,28+,29+,31-,32+/m0/s1. The SMILES string of the molecule is COc1ccc(C(OC[C@@]23O[C@@H](n4ccc(N)nc4=O)[C@](O)([C@@H]2O)[C@@H](C)[C@H]3O)(c2ccccc2)c2ccc(OC)cc2)cc1. The highest BCUT2D eigenvalue weighted by atomic mass is 16.6. The van der Waals surface area contributed by atoms with Gasteiger partial charge >= 0.3 is 5.69 Å². The third-order valence-corrected chi connectivity index (χ3v) is 9.12. The second-order valence-electron chi connectivity index (χ2n) is 11.3. The van der Waals surface area contributed by atoms with E-state index in [4.69, 9.17) is 24.7 Å². The summed E-state index contributed by atoms with van der Waals surface area (Å²) in [4.78, 5) is 16.6. The zero-order chi connectivity index (χ0) is 31.3. The first-order valence-electron chi connectivity index (χ1n) is 14.2. The van der Waals surface area contributed by atoms with Gasteiger partial charge in [0.1, 0.15) is 40.2 Å². The van der Waals surface area contributed by atoms with Crippen molar-refractivity contribution in [1.29, 1.82) is 0 Å². The predicted octanol–water partition coefficient (Wildman–Crippen LogP) is 2.22. The number of nitrogens with two attached hydrogens (primary N) is 1. The molecular formula is C33H35N3O8. The number of aliphatic hydroxyl groups is 3. The van der Waals surface area contributed by atoms with Crippen LogP contribution in [0.5, 0.6) is 11.5 Å². The minimum Gasteiger partial charge on any atom is -0.497 e. The summed E-state index contributed by atoms with van der Waals surface area (Å²) in [6.07, 6.45) is -3.00. The Bertz CT molecular complexity index is 1630. The molecule has 0 radical (unpaired) electrons. The largest absolute Gasteiger partial charge is 0.497 e. The van der Waals surface area contributed by atoms with Crippen LogP contribution in [0.2, 0.25) is 0 Å². The number of methoxy groups -OCH3 is 2. The van der Waals surface area contributed by atoms with Gasteiger partial charge in [0, 0.05) is 12.1 Å². The lowest BCUT2D eigenvalue weighted by atomic mass is 9.79. The van der Waals surface area contributed by atoms with Crippen molar-refractivity contribution >= 4 is 5.82 Å². The number of rotatable bonds is 9. The summed E-state index contributed by atoms with van der Waals surface area (Å²) >= 11 is 0. The molecule has 230 valence electrons. The first-order chi connectivity index (χ1) is 21.1. The maximum absolute atomic E-state index is 12.8. The second kappa shape index (κ2) is 11.0. The van der Waals surface area contributed by atoms with Gasteiger partial charge in [-0.1, -0.05) is 61.5 Å². The Kier molecular flexibility index (Phi) is 7.47. The minimum atomic E-state index is -2.04. The quantitative estimate of drug-likeness (QED) is 0.210. The van der Waals surface area contributed by atoms with Crippen molar-refractivity contribution in [1.82, 2.24) is 9.55 Å². The molecule has 6 rings (SSSR count). The van der Waals surface area contributed by atoms with Gasteiger partial charge in [0.25, 0.3) is 0 Å². The van der Waals surface area contributed by atoms with Gasteiger partial charge in [0.2, 0.25) is 0 Å². The number of nitrogens with zero attached hydrogens (tertiary/aromatic N) is 2. The Morgan fingerprint density at radius 2 is 1.45 bits per heavy atom. The zero-order valence-corrected chi connectivity index (χ0v) is 24.5. The fourth-order valence-corrected chi connectivity index (χ4v) is 6.65. The third-order valence-electron chi connectivity index (χ3n) is 9.12. The molecule has 2 heterocycles. The van der Waals surface area contributed by atoms with Crippen LogP contribution in [0, 0.1) is 5.92 Å². The number of fused-ring (bicyclic) bond motifs is 2. The van der Waals surface area contributed by atoms with Gasteiger partial charge in [-0.25, -0.2) is 4.79 Å². The van der Waals surface area contributed by atoms with Crippen molar-refractivity contribution in [3.63, 3.8) is 0 Å². The Balaban J connectivity index is 1.50. The molecule has 6 atom stereocenters. The topological polar surface area (TPSA) is 159 Å². The number of aromatic nitrogens is 2. The highest BCUT2D eigenvalue weighted by Gasteiger charge is 2.77. The number of benzene rings is 3. The highest BCUT2D eigenvalue weighted by Crippen LogP contribution is 2.59. The van der Waals surface area contributed by atoms with E-state index in [0.29, 0.717) is 11.5 Å². The molecule has 0 spiro atoms. The molecule has 0 amide bonds. The van der Waals surface area contributed by atoms with Crippen LogP contribution in [-0.2, 0) is 15.1 Å². The molecule has 1 aliphatic heterocycles. The number of hydrogen-bond donors (Lipinski definition) is 4. The van der Waals surface area contributed by atoms with Gasteiger partial charge in [-0.3, -0.25) is 4.57 Å². The van der Waals surface area contributed by atoms with E-state index in [2.05, 4.69) is 4.98 Å². The van der Waals surface area contributed by atoms with E-state index in [0.717, 1.165) is 21.3 Å². The lowest BCUT2D eigenvalue weighted by molar-refractivity contribution is -0.242. The molecule has 4 aromatic rings. The van der Waals surface area contributed by atoms with Gasteiger partial charge in [-0.2, -0.15) is 4.98 Å². The second-order valence-corrected chi connectivity index (χ2v) is 11.3. The van der Waals surface area contributed by atoms with E-state index in [1.165, 1.54) is 12.3 Å². The molecule has 11 heteroatoms. The van der Waals surface area contributed by atoms with E-state index >= 15 is 0 Å². The van der Waals surface area contributed by atoms with Crippen LogP contribution in [-0.4, -0.2) is 69.1 Å². The first kappa shape index (κ1) is 29.8.